The van der Waals surface area contributed by atoms with Gasteiger partial charge < -0.3 is 25.6 Å². The topological polar surface area (TPSA) is 101 Å². The van der Waals surface area contributed by atoms with Crippen molar-refractivity contribution in [2.75, 3.05) is 36.8 Å². The molecule has 1 saturated heterocycles. The zero-order valence-corrected chi connectivity index (χ0v) is 15.9. The average molecular weight is 388 g/mol. The number of carboxylic acid groups (broad SMARTS) is 1. The summed E-state index contributed by atoms with van der Waals surface area (Å²) in [6.07, 6.45) is 4.14. The Morgan fingerprint density at radius 3 is 2.79 bits per heavy atom. The van der Waals surface area contributed by atoms with Gasteiger partial charge in [-0.1, -0.05) is 6.92 Å². The molecule has 7 nitrogen and oxygen atoms in total. The van der Waals surface area contributed by atoms with Gasteiger partial charge in [-0.15, -0.1) is 0 Å². The minimum atomic E-state index is -1.32. The lowest BCUT2D eigenvalue weighted by atomic mass is 10.1. The van der Waals surface area contributed by atoms with Crippen LogP contribution in [0.5, 0.6) is 0 Å². The summed E-state index contributed by atoms with van der Waals surface area (Å²) in [5.74, 6) is -1.54. The first-order valence-corrected chi connectivity index (χ1v) is 9.78. The van der Waals surface area contributed by atoms with Gasteiger partial charge in [-0.3, -0.25) is 4.79 Å². The van der Waals surface area contributed by atoms with E-state index >= 15 is 4.39 Å². The summed E-state index contributed by atoms with van der Waals surface area (Å²) < 4.78 is 16.9. The third-order valence-electron chi connectivity index (χ3n) is 5.76. The molecule has 1 aliphatic carbocycles. The van der Waals surface area contributed by atoms with E-state index in [0.29, 0.717) is 17.1 Å². The first-order chi connectivity index (χ1) is 13.4. The van der Waals surface area contributed by atoms with Crippen LogP contribution in [0.1, 0.15) is 42.6 Å². The molecule has 150 valence electrons. The van der Waals surface area contributed by atoms with Crippen LogP contribution in [0.25, 0.3) is 10.9 Å². The standard InChI is InChI=1S/C20H25FN4O3/c1-2-23-8-11-5-6-24(9-11)15-7-14-16(18(22)17(15)21)19(26)13(20(27)28)10-25(14)12-3-4-12/h7,10-12,23H,2-6,8-9,22H2,1H3,(H,27,28). The summed E-state index contributed by atoms with van der Waals surface area (Å²) in [4.78, 5) is 26.1. The van der Waals surface area contributed by atoms with E-state index in [-0.39, 0.29) is 22.7 Å². The number of pyridine rings is 1. The number of rotatable bonds is 6. The molecule has 28 heavy (non-hydrogen) atoms. The van der Waals surface area contributed by atoms with E-state index in [2.05, 4.69) is 12.2 Å². The number of carbonyl (C=O) groups is 1. The minimum absolute atomic E-state index is 0.0311. The zero-order chi connectivity index (χ0) is 20.0. The molecule has 8 heteroatoms. The Kier molecular flexibility index (Phi) is 4.74. The molecule has 2 aliphatic rings. The van der Waals surface area contributed by atoms with E-state index < -0.39 is 17.2 Å². The lowest BCUT2D eigenvalue weighted by molar-refractivity contribution is 0.0695. The Hall–Kier alpha value is -2.61. The zero-order valence-electron chi connectivity index (χ0n) is 15.9. The molecule has 1 aliphatic heterocycles. The molecule has 0 spiro atoms. The van der Waals surface area contributed by atoms with E-state index in [1.807, 2.05) is 4.90 Å². The smallest absolute Gasteiger partial charge is 0.341 e. The molecule has 2 fully saturated rings. The number of carboxylic acids is 1. The molecular weight excluding hydrogens is 363 g/mol. The summed E-state index contributed by atoms with van der Waals surface area (Å²) in [7, 11) is 0. The molecule has 2 aromatic rings. The summed E-state index contributed by atoms with van der Waals surface area (Å²) >= 11 is 0. The monoisotopic (exact) mass is 388 g/mol. The van der Waals surface area contributed by atoms with Gasteiger partial charge in [-0.2, -0.15) is 0 Å². The van der Waals surface area contributed by atoms with Crippen LogP contribution in [0.4, 0.5) is 15.8 Å². The Morgan fingerprint density at radius 2 is 2.14 bits per heavy atom. The summed E-state index contributed by atoms with van der Waals surface area (Å²) in [5.41, 5.74) is 5.59. The predicted molar refractivity (Wildman–Crippen MR) is 107 cm³/mol. The van der Waals surface area contributed by atoms with Crippen molar-refractivity contribution in [3.05, 3.63) is 33.9 Å². The fraction of sp³-hybridized carbons (Fsp3) is 0.500. The van der Waals surface area contributed by atoms with Crippen LogP contribution < -0.4 is 21.4 Å². The SMILES string of the molecule is CCNCC1CCN(c2cc3c(c(N)c2F)c(=O)c(C(=O)O)cn3C2CC2)C1. The van der Waals surface area contributed by atoms with Crippen molar-refractivity contribution in [2.45, 2.75) is 32.2 Å². The number of fused-ring (bicyclic) bond motifs is 1. The second-order valence-electron chi connectivity index (χ2n) is 7.74. The van der Waals surface area contributed by atoms with E-state index in [1.54, 1.807) is 10.6 Å². The highest BCUT2D eigenvalue weighted by atomic mass is 19.1. The fourth-order valence-corrected chi connectivity index (χ4v) is 4.10. The first kappa shape index (κ1) is 18.7. The number of nitrogens with one attached hydrogen (secondary N) is 1. The van der Waals surface area contributed by atoms with Crippen molar-refractivity contribution in [1.29, 1.82) is 0 Å². The number of aromatic carboxylic acids is 1. The lowest BCUT2D eigenvalue weighted by Gasteiger charge is -2.22. The number of nitrogens with two attached hydrogens (primary N) is 1. The highest BCUT2D eigenvalue weighted by Crippen LogP contribution is 2.40. The molecular formula is C20H25FN4O3. The second kappa shape index (κ2) is 7.09. The van der Waals surface area contributed by atoms with Gasteiger partial charge in [-0.25, -0.2) is 9.18 Å². The molecule has 1 atom stereocenters. The normalized spacial score (nSPS) is 19.5. The van der Waals surface area contributed by atoms with Gasteiger partial charge in [0.1, 0.15) is 5.56 Å². The highest BCUT2D eigenvalue weighted by Gasteiger charge is 2.31. The maximum Gasteiger partial charge on any atom is 0.341 e. The Balaban J connectivity index is 1.83. The largest absolute Gasteiger partial charge is 0.477 e. The van der Waals surface area contributed by atoms with Crippen LogP contribution in [-0.2, 0) is 0 Å². The molecule has 4 rings (SSSR count). The second-order valence-corrected chi connectivity index (χ2v) is 7.74. The van der Waals surface area contributed by atoms with Crippen LogP contribution in [0.3, 0.4) is 0 Å². The molecule has 0 amide bonds. The van der Waals surface area contributed by atoms with Gasteiger partial charge in [0.05, 0.1) is 22.3 Å². The molecule has 1 aromatic heterocycles. The van der Waals surface area contributed by atoms with Gasteiger partial charge in [0.2, 0.25) is 5.43 Å². The number of anilines is 2. The summed E-state index contributed by atoms with van der Waals surface area (Å²) in [6, 6.07) is 1.79. The molecule has 1 saturated carbocycles. The predicted octanol–water partition coefficient (Wildman–Crippen LogP) is 2.19. The summed E-state index contributed by atoms with van der Waals surface area (Å²) in [5, 5.41) is 12.7. The molecule has 1 unspecified atom stereocenters. The van der Waals surface area contributed by atoms with Crippen LogP contribution in [0.2, 0.25) is 0 Å². The van der Waals surface area contributed by atoms with Gasteiger partial charge >= 0.3 is 5.97 Å². The number of hydrogen-bond acceptors (Lipinski definition) is 5. The van der Waals surface area contributed by atoms with Crippen molar-refractivity contribution in [1.82, 2.24) is 9.88 Å². The van der Waals surface area contributed by atoms with Crippen LogP contribution in [-0.4, -0.2) is 41.8 Å². The molecule has 0 radical (unpaired) electrons. The average Bonchev–Trinajstić information content (AvgIpc) is 3.40. The van der Waals surface area contributed by atoms with Gasteiger partial charge in [-0.05, 0) is 44.3 Å². The number of benzene rings is 1. The van der Waals surface area contributed by atoms with Crippen LogP contribution in [0, 0.1) is 11.7 Å². The number of aromatic nitrogens is 1. The van der Waals surface area contributed by atoms with E-state index in [1.165, 1.54) is 6.20 Å². The van der Waals surface area contributed by atoms with Crippen molar-refractivity contribution in [3.8, 4) is 0 Å². The van der Waals surface area contributed by atoms with E-state index in [9.17, 15) is 14.7 Å². The Bertz CT molecular complexity index is 999. The van der Waals surface area contributed by atoms with Crippen LogP contribution in [0.15, 0.2) is 17.1 Å². The fourth-order valence-electron chi connectivity index (χ4n) is 4.10. The third kappa shape index (κ3) is 3.11. The molecule has 4 N–H and O–H groups in total. The maximum absolute atomic E-state index is 15.1. The van der Waals surface area contributed by atoms with Crippen molar-refractivity contribution < 1.29 is 14.3 Å². The lowest BCUT2D eigenvalue weighted by Crippen LogP contribution is -2.27. The summed E-state index contributed by atoms with van der Waals surface area (Å²) in [6.45, 7) is 5.27. The van der Waals surface area contributed by atoms with Gasteiger partial charge in [0.25, 0.3) is 0 Å². The van der Waals surface area contributed by atoms with Crippen molar-refractivity contribution in [3.63, 3.8) is 0 Å². The molecule has 2 heterocycles. The third-order valence-corrected chi connectivity index (χ3v) is 5.76. The van der Waals surface area contributed by atoms with Crippen LogP contribution >= 0.6 is 0 Å². The number of nitrogens with zero attached hydrogens (tertiary/aromatic N) is 2. The number of halogens is 1. The Labute approximate surface area is 161 Å². The molecule has 1 aromatic carbocycles. The van der Waals surface area contributed by atoms with Crippen molar-refractivity contribution in [2.24, 2.45) is 5.92 Å². The Morgan fingerprint density at radius 1 is 1.39 bits per heavy atom. The number of nitrogen functional groups attached to an aromatic ring is 1. The first-order valence-electron chi connectivity index (χ1n) is 9.78. The van der Waals surface area contributed by atoms with Gasteiger partial charge in [0, 0.05) is 25.3 Å². The van der Waals surface area contributed by atoms with E-state index in [0.717, 1.165) is 45.4 Å². The van der Waals surface area contributed by atoms with Crippen molar-refractivity contribution >= 4 is 28.2 Å². The van der Waals surface area contributed by atoms with E-state index in [4.69, 9.17) is 5.73 Å². The van der Waals surface area contributed by atoms with Gasteiger partial charge in [0.15, 0.2) is 5.82 Å². The minimum Gasteiger partial charge on any atom is -0.477 e. The maximum atomic E-state index is 15.1. The number of hydrogen-bond donors (Lipinski definition) is 3. The molecule has 0 bridgehead atoms. The quantitative estimate of drug-likeness (QED) is 0.656. The highest BCUT2D eigenvalue weighted by molar-refractivity contribution is 5.99.